The van der Waals surface area contributed by atoms with Crippen LogP contribution >= 0.6 is 0 Å². The van der Waals surface area contributed by atoms with Crippen LogP contribution in [0, 0.1) is 0 Å². The van der Waals surface area contributed by atoms with Crippen molar-refractivity contribution in [3.05, 3.63) is 53.1 Å². The van der Waals surface area contributed by atoms with E-state index in [4.69, 9.17) is 14.2 Å². The number of nitrogens with one attached hydrogen (secondary N) is 1. The highest BCUT2D eigenvalue weighted by Gasteiger charge is 2.26. The molecule has 0 aromatic heterocycles. The van der Waals surface area contributed by atoms with E-state index in [2.05, 4.69) is 11.4 Å². The maximum atomic E-state index is 12.1. The quantitative estimate of drug-likeness (QED) is 0.879. The van der Waals surface area contributed by atoms with Gasteiger partial charge >= 0.3 is 0 Å². The van der Waals surface area contributed by atoms with E-state index in [9.17, 15) is 4.79 Å². The summed E-state index contributed by atoms with van der Waals surface area (Å²) in [4.78, 5) is 12.1. The zero-order valence-electron chi connectivity index (χ0n) is 14.0. The van der Waals surface area contributed by atoms with Gasteiger partial charge in [0.05, 0.1) is 26.2 Å². The first-order valence-corrected chi connectivity index (χ1v) is 8.69. The van der Waals surface area contributed by atoms with Crippen molar-refractivity contribution >= 4 is 5.91 Å². The Morgan fingerprint density at radius 1 is 1.12 bits per heavy atom. The predicted molar refractivity (Wildman–Crippen MR) is 93.2 cm³/mol. The average molecular weight is 339 g/mol. The lowest BCUT2D eigenvalue weighted by atomic mass is 9.99. The highest BCUT2D eigenvalue weighted by molar-refractivity contribution is 5.76. The van der Waals surface area contributed by atoms with Crippen LogP contribution in [0.4, 0.5) is 0 Å². The largest absolute Gasteiger partial charge is 0.493 e. The van der Waals surface area contributed by atoms with Crippen molar-refractivity contribution in [2.75, 3.05) is 19.8 Å². The number of carbonyl (C=O) groups is 1. The molecule has 0 fully saturated rings. The van der Waals surface area contributed by atoms with Crippen molar-refractivity contribution in [1.29, 1.82) is 0 Å². The second kappa shape index (κ2) is 7.05. The molecular formula is C20H21NO4. The molecule has 2 aliphatic rings. The Balaban J connectivity index is 1.35. The van der Waals surface area contributed by atoms with Crippen LogP contribution < -0.4 is 19.5 Å². The van der Waals surface area contributed by atoms with Crippen LogP contribution in [0.3, 0.4) is 0 Å². The lowest BCUT2D eigenvalue weighted by Gasteiger charge is -2.14. The molecule has 2 aromatic rings. The molecule has 0 unspecified atom stereocenters. The highest BCUT2D eigenvalue weighted by atomic mass is 16.5. The van der Waals surface area contributed by atoms with E-state index in [0.717, 1.165) is 35.7 Å². The van der Waals surface area contributed by atoms with Gasteiger partial charge in [0.2, 0.25) is 5.91 Å². The van der Waals surface area contributed by atoms with Crippen molar-refractivity contribution in [3.8, 4) is 17.2 Å². The number of amides is 1. The fraction of sp³-hybridized carbons (Fsp3) is 0.350. The third-order valence-corrected chi connectivity index (χ3v) is 4.56. The van der Waals surface area contributed by atoms with E-state index < -0.39 is 0 Å². The predicted octanol–water partition coefficient (Wildman–Crippen LogP) is 2.64. The summed E-state index contributed by atoms with van der Waals surface area (Å²) in [6.45, 7) is 2.23. The molecule has 25 heavy (non-hydrogen) atoms. The first kappa shape index (κ1) is 15.8. The molecule has 2 heterocycles. The minimum Gasteiger partial charge on any atom is -0.493 e. The Morgan fingerprint density at radius 2 is 1.96 bits per heavy atom. The third kappa shape index (κ3) is 3.40. The van der Waals surface area contributed by atoms with Crippen LogP contribution in [-0.4, -0.2) is 25.7 Å². The molecule has 2 aliphatic heterocycles. The molecule has 0 aliphatic carbocycles. The molecule has 0 radical (unpaired) electrons. The first-order chi connectivity index (χ1) is 12.3. The molecule has 0 bridgehead atoms. The summed E-state index contributed by atoms with van der Waals surface area (Å²) >= 11 is 0. The third-order valence-electron chi connectivity index (χ3n) is 4.56. The topological polar surface area (TPSA) is 56.8 Å². The minimum atomic E-state index is -0.0285. The molecule has 0 saturated carbocycles. The first-order valence-electron chi connectivity index (χ1n) is 8.69. The molecule has 2 aromatic carbocycles. The van der Waals surface area contributed by atoms with Crippen LogP contribution in [0.15, 0.2) is 36.4 Å². The fourth-order valence-corrected chi connectivity index (χ4v) is 3.33. The summed E-state index contributed by atoms with van der Waals surface area (Å²) in [5.41, 5.74) is 3.42. The second-order valence-electron chi connectivity index (χ2n) is 6.21. The molecule has 1 amide bonds. The smallest absolute Gasteiger partial charge is 0.223 e. The SMILES string of the molecule is O=C(CCOc1ccccc1)NCc1c2c(cc3c1OCC3)OCC2. The van der Waals surface area contributed by atoms with E-state index in [-0.39, 0.29) is 5.91 Å². The van der Waals surface area contributed by atoms with Gasteiger partial charge in [-0.3, -0.25) is 4.79 Å². The summed E-state index contributed by atoms with van der Waals surface area (Å²) < 4.78 is 17.1. The van der Waals surface area contributed by atoms with Crippen molar-refractivity contribution in [2.24, 2.45) is 0 Å². The Labute approximate surface area is 146 Å². The molecule has 130 valence electrons. The Bertz CT molecular complexity index is 741. The van der Waals surface area contributed by atoms with Crippen molar-refractivity contribution in [1.82, 2.24) is 5.32 Å². The van der Waals surface area contributed by atoms with Crippen LogP contribution in [0.1, 0.15) is 23.1 Å². The van der Waals surface area contributed by atoms with Crippen LogP contribution in [0.2, 0.25) is 0 Å². The average Bonchev–Trinajstić information content (AvgIpc) is 3.28. The summed E-state index contributed by atoms with van der Waals surface area (Å²) in [5, 5.41) is 2.99. The number of para-hydroxylation sites is 1. The lowest BCUT2D eigenvalue weighted by Crippen LogP contribution is -2.25. The van der Waals surface area contributed by atoms with Crippen LogP contribution in [0.25, 0.3) is 0 Å². The Morgan fingerprint density at radius 3 is 2.84 bits per heavy atom. The summed E-state index contributed by atoms with van der Waals surface area (Å²) in [5.74, 6) is 2.63. The number of fused-ring (bicyclic) bond motifs is 2. The second-order valence-corrected chi connectivity index (χ2v) is 6.21. The van der Waals surface area contributed by atoms with Crippen molar-refractivity contribution in [3.63, 3.8) is 0 Å². The molecular weight excluding hydrogens is 318 g/mol. The van der Waals surface area contributed by atoms with Gasteiger partial charge in [-0.25, -0.2) is 0 Å². The van der Waals surface area contributed by atoms with E-state index in [0.29, 0.717) is 32.8 Å². The van der Waals surface area contributed by atoms with Gasteiger partial charge in [-0.2, -0.15) is 0 Å². The van der Waals surface area contributed by atoms with E-state index >= 15 is 0 Å². The molecule has 4 rings (SSSR count). The van der Waals surface area contributed by atoms with Gasteiger partial charge in [0, 0.05) is 36.1 Å². The van der Waals surface area contributed by atoms with Gasteiger partial charge in [0.1, 0.15) is 17.2 Å². The molecule has 0 saturated heterocycles. The van der Waals surface area contributed by atoms with Gasteiger partial charge in [-0.15, -0.1) is 0 Å². The number of carbonyl (C=O) groups excluding carboxylic acids is 1. The monoisotopic (exact) mass is 339 g/mol. The number of hydrogen-bond donors (Lipinski definition) is 1. The van der Waals surface area contributed by atoms with E-state index in [1.165, 1.54) is 11.1 Å². The van der Waals surface area contributed by atoms with Crippen LogP contribution in [-0.2, 0) is 24.2 Å². The normalized spacial score (nSPS) is 14.2. The minimum absolute atomic E-state index is 0.0285. The number of hydrogen-bond acceptors (Lipinski definition) is 4. The van der Waals surface area contributed by atoms with Gasteiger partial charge in [0.25, 0.3) is 0 Å². The molecule has 1 N–H and O–H groups in total. The Hall–Kier alpha value is -2.69. The zero-order chi connectivity index (χ0) is 17.1. The molecule has 0 spiro atoms. The van der Waals surface area contributed by atoms with Gasteiger partial charge in [-0.1, -0.05) is 18.2 Å². The number of ether oxygens (including phenoxy) is 3. The standard InChI is InChI=1S/C20H21NO4/c22-19(8-11-23-15-4-2-1-3-5-15)21-13-17-16-7-10-24-18(16)12-14-6-9-25-20(14)17/h1-5,12H,6-11,13H2,(H,21,22). The number of rotatable bonds is 6. The summed E-state index contributed by atoms with van der Waals surface area (Å²) in [6, 6.07) is 11.6. The molecule has 5 heteroatoms. The van der Waals surface area contributed by atoms with Crippen molar-refractivity contribution < 1.29 is 19.0 Å². The van der Waals surface area contributed by atoms with Gasteiger partial charge < -0.3 is 19.5 Å². The number of benzene rings is 2. The van der Waals surface area contributed by atoms with Gasteiger partial charge in [0.15, 0.2) is 0 Å². The van der Waals surface area contributed by atoms with Crippen molar-refractivity contribution in [2.45, 2.75) is 25.8 Å². The Kier molecular flexibility index (Phi) is 4.46. The fourth-order valence-electron chi connectivity index (χ4n) is 3.33. The maximum absolute atomic E-state index is 12.1. The van der Waals surface area contributed by atoms with E-state index in [1.807, 2.05) is 30.3 Å². The van der Waals surface area contributed by atoms with E-state index in [1.54, 1.807) is 0 Å². The maximum Gasteiger partial charge on any atom is 0.223 e. The summed E-state index contributed by atoms with van der Waals surface area (Å²) in [7, 11) is 0. The lowest BCUT2D eigenvalue weighted by molar-refractivity contribution is -0.121. The highest BCUT2D eigenvalue weighted by Crippen LogP contribution is 2.40. The molecule has 0 atom stereocenters. The summed E-state index contributed by atoms with van der Waals surface area (Å²) in [6.07, 6.45) is 2.09. The zero-order valence-corrected chi connectivity index (χ0v) is 14.0. The van der Waals surface area contributed by atoms with Crippen LogP contribution in [0.5, 0.6) is 17.2 Å². The molecule has 5 nitrogen and oxygen atoms in total. The van der Waals surface area contributed by atoms with Gasteiger partial charge in [-0.05, 0) is 18.2 Å².